The number of carbonyl (C=O) groups is 2. The van der Waals surface area contributed by atoms with Gasteiger partial charge in [-0.1, -0.05) is 17.3 Å². The van der Waals surface area contributed by atoms with Crippen molar-refractivity contribution in [3.63, 3.8) is 0 Å². The fraction of sp³-hybridized carbons (Fsp3) is 0.250. The third kappa shape index (κ3) is 5.97. The van der Waals surface area contributed by atoms with Gasteiger partial charge < -0.3 is 23.7 Å². The van der Waals surface area contributed by atoms with Crippen LogP contribution in [0.2, 0.25) is 0 Å². The number of hydrogen-bond donors (Lipinski definition) is 1. The van der Waals surface area contributed by atoms with Crippen LogP contribution in [0.5, 0.6) is 0 Å². The number of aromatic nitrogens is 1. The minimum atomic E-state index is -0.504. The van der Waals surface area contributed by atoms with Gasteiger partial charge >= 0.3 is 5.97 Å². The molecule has 152 valence electrons. The minimum Gasteiger partial charge on any atom is -0.461 e. The van der Waals surface area contributed by atoms with Crippen molar-refractivity contribution in [1.29, 1.82) is 0 Å². The van der Waals surface area contributed by atoms with Crippen molar-refractivity contribution in [1.82, 2.24) is 10.5 Å². The number of ether oxygens (including phenoxy) is 2. The average Bonchev–Trinajstić information content (AvgIpc) is 3.42. The number of nitrogens with zero attached hydrogens (tertiary/aromatic N) is 1. The summed E-state index contributed by atoms with van der Waals surface area (Å²) in [6.45, 7) is 0.847. The van der Waals surface area contributed by atoms with Crippen LogP contribution in [0.3, 0.4) is 0 Å². The quantitative estimate of drug-likeness (QED) is 0.305. The van der Waals surface area contributed by atoms with Crippen molar-refractivity contribution < 1.29 is 28.0 Å². The Morgan fingerprint density at radius 2 is 2.03 bits per heavy atom. The Hall–Kier alpha value is -3.04. The van der Waals surface area contributed by atoms with E-state index in [1.54, 1.807) is 49.6 Å². The zero-order valence-corrected chi connectivity index (χ0v) is 16.6. The fourth-order valence-corrected chi connectivity index (χ4v) is 3.25. The molecule has 9 heteroatoms. The molecule has 0 fully saturated rings. The number of methoxy groups -OCH3 is 1. The molecule has 0 saturated heterocycles. The maximum atomic E-state index is 12.5. The lowest BCUT2D eigenvalue weighted by atomic mass is 10.2. The largest absolute Gasteiger partial charge is 0.461 e. The summed E-state index contributed by atoms with van der Waals surface area (Å²) >= 11 is 1.27. The van der Waals surface area contributed by atoms with Gasteiger partial charge in [0.25, 0.3) is 0 Å². The third-order valence-corrected chi connectivity index (χ3v) is 4.84. The van der Waals surface area contributed by atoms with Gasteiger partial charge in [0.2, 0.25) is 11.7 Å². The molecule has 3 aromatic rings. The van der Waals surface area contributed by atoms with E-state index < -0.39 is 5.97 Å². The lowest BCUT2D eigenvalue weighted by molar-refractivity contribution is -0.118. The topological polar surface area (TPSA) is 104 Å². The zero-order valence-electron chi connectivity index (χ0n) is 15.8. The number of esters is 1. The number of hydrogen-bond acceptors (Lipinski definition) is 8. The molecular formula is C20H20N2O6S. The molecule has 0 aliphatic rings. The molecular weight excluding hydrogens is 396 g/mol. The van der Waals surface area contributed by atoms with E-state index in [-0.39, 0.29) is 18.3 Å². The predicted molar refractivity (Wildman–Crippen MR) is 105 cm³/mol. The molecule has 0 aliphatic heterocycles. The first-order chi connectivity index (χ1) is 14.2. The maximum Gasteiger partial charge on any atom is 0.339 e. The second-order valence-corrected chi connectivity index (χ2v) is 6.88. The molecule has 0 atom stereocenters. The van der Waals surface area contributed by atoms with Crippen LogP contribution in [0.25, 0.3) is 11.5 Å². The smallest absolute Gasteiger partial charge is 0.339 e. The first-order valence-electron chi connectivity index (χ1n) is 8.81. The lowest BCUT2D eigenvalue weighted by Crippen LogP contribution is -2.28. The van der Waals surface area contributed by atoms with E-state index in [0.717, 1.165) is 0 Å². The predicted octanol–water partition coefficient (Wildman–Crippen LogP) is 3.15. The number of benzene rings is 1. The van der Waals surface area contributed by atoms with Crippen LogP contribution in [-0.2, 0) is 20.9 Å². The van der Waals surface area contributed by atoms with Crippen LogP contribution in [0, 0.1) is 0 Å². The van der Waals surface area contributed by atoms with Crippen LogP contribution < -0.4 is 5.32 Å². The Morgan fingerprint density at radius 3 is 2.83 bits per heavy atom. The minimum absolute atomic E-state index is 0.0421. The van der Waals surface area contributed by atoms with E-state index >= 15 is 0 Å². The molecule has 1 N–H and O–H groups in total. The highest BCUT2D eigenvalue weighted by Crippen LogP contribution is 2.24. The molecule has 29 heavy (non-hydrogen) atoms. The molecule has 0 radical (unpaired) electrons. The standard InChI is InChI=1S/C20H20N2O6S/c1-25-10-8-21-19(23)13-29-18-7-3-2-5-15(18)20(24)27-12-14-11-17(28-22-14)16-6-4-9-26-16/h2-7,9,11H,8,10,12-13H2,1H3,(H,21,23). The summed E-state index contributed by atoms with van der Waals surface area (Å²) in [5, 5.41) is 6.61. The van der Waals surface area contributed by atoms with Crippen LogP contribution in [0.4, 0.5) is 0 Å². The van der Waals surface area contributed by atoms with Gasteiger partial charge in [-0.25, -0.2) is 4.79 Å². The van der Waals surface area contributed by atoms with E-state index in [1.165, 1.54) is 18.0 Å². The number of rotatable bonds is 10. The van der Waals surface area contributed by atoms with Crippen molar-refractivity contribution in [3.8, 4) is 11.5 Å². The number of furan rings is 1. The zero-order chi connectivity index (χ0) is 20.5. The number of nitrogens with one attached hydrogen (secondary N) is 1. The molecule has 0 saturated carbocycles. The second-order valence-electron chi connectivity index (χ2n) is 5.86. The summed E-state index contributed by atoms with van der Waals surface area (Å²) in [7, 11) is 1.57. The highest BCUT2D eigenvalue weighted by Gasteiger charge is 2.16. The highest BCUT2D eigenvalue weighted by atomic mass is 32.2. The monoisotopic (exact) mass is 416 g/mol. The van der Waals surface area contributed by atoms with Crippen LogP contribution in [0.15, 0.2) is 62.6 Å². The van der Waals surface area contributed by atoms with Crippen LogP contribution >= 0.6 is 11.8 Å². The lowest BCUT2D eigenvalue weighted by Gasteiger charge is -2.09. The van der Waals surface area contributed by atoms with Gasteiger partial charge in [0, 0.05) is 24.6 Å². The molecule has 2 heterocycles. The van der Waals surface area contributed by atoms with Crippen LogP contribution in [0.1, 0.15) is 16.1 Å². The maximum absolute atomic E-state index is 12.5. The summed E-state index contributed by atoms with van der Waals surface area (Å²) in [5.74, 6) is 0.542. The molecule has 0 unspecified atom stereocenters. The average molecular weight is 416 g/mol. The van der Waals surface area contributed by atoms with E-state index in [4.69, 9.17) is 18.4 Å². The number of thioether (sulfide) groups is 1. The van der Waals surface area contributed by atoms with Crippen molar-refractivity contribution in [3.05, 3.63) is 60.0 Å². The Morgan fingerprint density at radius 1 is 1.17 bits per heavy atom. The van der Waals surface area contributed by atoms with E-state index in [9.17, 15) is 9.59 Å². The first kappa shape index (κ1) is 20.7. The first-order valence-corrected chi connectivity index (χ1v) is 9.80. The van der Waals surface area contributed by atoms with Gasteiger partial charge in [-0.15, -0.1) is 11.8 Å². The fourth-order valence-electron chi connectivity index (χ4n) is 2.38. The summed E-state index contributed by atoms with van der Waals surface area (Å²) < 4.78 is 20.7. The Bertz CT molecular complexity index is 938. The van der Waals surface area contributed by atoms with E-state index in [0.29, 0.717) is 40.8 Å². The third-order valence-electron chi connectivity index (χ3n) is 3.77. The van der Waals surface area contributed by atoms with Gasteiger partial charge in [0.05, 0.1) is 24.2 Å². The summed E-state index contributed by atoms with van der Waals surface area (Å²) in [4.78, 5) is 25.0. The summed E-state index contributed by atoms with van der Waals surface area (Å²) in [6, 6.07) is 12.1. The molecule has 0 spiro atoms. The molecule has 1 amide bonds. The van der Waals surface area contributed by atoms with Crippen LogP contribution in [-0.4, -0.2) is 43.0 Å². The SMILES string of the molecule is COCCNC(=O)CSc1ccccc1C(=O)OCc1cc(-c2ccco2)on1. The van der Waals surface area contributed by atoms with Crippen molar-refractivity contribution in [2.24, 2.45) is 0 Å². The van der Waals surface area contributed by atoms with Crippen molar-refractivity contribution >= 4 is 23.6 Å². The molecule has 3 rings (SSSR count). The van der Waals surface area contributed by atoms with E-state index in [1.807, 2.05) is 0 Å². The Balaban J connectivity index is 1.55. The Kier molecular flexibility index (Phi) is 7.48. The van der Waals surface area contributed by atoms with E-state index in [2.05, 4.69) is 10.5 Å². The normalized spacial score (nSPS) is 10.7. The Labute approximate surface area is 171 Å². The second kappa shape index (κ2) is 10.5. The molecule has 8 nitrogen and oxygen atoms in total. The molecule has 0 bridgehead atoms. The summed E-state index contributed by atoms with van der Waals surface area (Å²) in [5.41, 5.74) is 0.851. The molecule has 2 aromatic heterocycles. The van der Waals surface area contributed by atoms with Crippen molar-refractivity contribution in [2.75, 3.05) is 26.0 Å². The number of amides is 1. The van der Waals surface area contributed by atoms with Crippen molar-refractivity contribution in [2.45, 2.75) is 11.5 Å². The summed E-state index contributed by atoms with van der Waals surface area (Å²) in [6.07, 6.45) is 1.53. The van der Waals surface area contributed by atoms with Gasteiger partial charge in [0.1, 0.15) is 12.3 Å². The van der Waals surface area contributed by atoms with Gasteiger partial charge in [-0.05, 0) is 24.3 Å². The molecule has 1 aromatic carbocycles. The molecule has 0 aliphatic carbocycles. The van der Waals surface area contributed by atoms with Gasteiger partial charge in [-0.3, -0.25) is 4.79 Å². The van der Waals surface area contributed by atoms with Gasteiger partial charge in [-0.2, -0.15) is 0 Å². The van der Waals surface area contributed by atoms with Gasteiger partial charge in [0.15, 0.2) is 5.76 Å². The number of carbonyl (C=O) groups excluding carboxylic acids is 2. The highest BCUT2D eigenvalue weighted by molar-refractivity contribution is 8.00.